The van der Waals surface area contributed by atoms with Crippen LogP contribution in [0.15, 0.2) is 24.0 Å². The molecule has 0 radical (unpaired) electrons. The van der Waals surface area contributed by atoms with Gasteiger partial charge >= 0.3 is 11.9 Å². The summed E-state index contributed by atoms with van der Waals surface area (Å²) in [6, 6.07) is 0. The number of carboxylic acid groups (broad SMARTS) is 2. The summed E-state index contributed by atoms with van der Waals surface area (Å²) in [6.45, 7) is 7.29. The Bertz CT molecular complexity index is 276. The van der Waals surface area contributed by atoms with E-state index in [4.69, 9.17) is 25.5 Å². The molecule has 0 rings (SSSR count). The Morgan fingerprint density at radius 2 is 1.50 bits per heavy atom. The third-order valence-corrected chi connectivity index (χ3v) is 0.962. The molecule has 5 N–H and O–H groups in total. The summed E-state index contributed by atoms with van der Waals surface area (Å²) in [4.78, 5) is 19.2. The van der Waals surface area contributed by atoms with Crippen molar-refractivity contribution in [2.24, 2.45) is 0 Å². The first-order valence-corrected chi connectivity index (χ1v) is 4.82. The molecule has 7 nitrogen and oxygen atoms in total. The predicted octanol–water partition coefficient (Wildman–Crippen LogP) is 0.539. The molecule has 0 bridgehead atoms. The van der Waals surface area contributed by atoms with Gasteiger partial charge in [-0.2, -0.15) is 0 Å². The number of allylic oxidation sites excluding steroid dienone is 1. The minimum atomic E-state index is -1.12. The zero-order chi connectivity index (χ0) is 15.3. The van der Waals surface area contributed by atoms with Crippen molar-refractivity contribution in [2.45, 2.75) is 26.9 Å². The molecule has 0 aliphatic rings. The molecule has 0 fully saturated rings. The van der Waals surface area contributed by atoms with E-state index in [0.717, 1.165) is 6.08 Å². The Morgan fingerprint density at radius 3 is 1.50 bits per heavy atom. The smallest absolute Gasteiger partial charge is 0.331 e. The molecular weight excluding hydrogens is 244 g/mol. The van der Waals surface area contributed by atoms with E-state index in [2.05, 4.69) is 6.58 Å². The van der Waals surface area contributed by atoms with E-state index in [1.165, 1.54) is 20.8 Å². The van der Waals surface area contributed by atoms with Crippen molar-refractivity contribution in [2.75, 3.05) is 6.61 Å². The second-order valence-corrected chi connectivity index (χ2v) is 3.24. The van der Waals surface area contributed by atoms with Gasteiger partial charge in [-0.05, 0) is 20.8 Å². The largest absolute Gasteiger partial charge is 0.512 e. The third kappa shape index (κ3) is 36.8. The van der Waals surface area contributed by atoms with E-state index in [9.17, 15) is 9.59 Å². The zero-order valence-corrected chi connectivity index (χ0v) is 10.6. The van der Waals surface area contributed by atoms with Crippen LogP contribution in [0.2, 0.25) is 0 Å². The second kappa shape index (κ2) is 13.2. The number of aliphatic hydroxyl groups excluding tert-OH is 3. The maximum Gasteiger partial charge on any atom is 0.331 e. The summed E-state index contributed by atoms with van der Waals surface area (Å²) in [6.07, 6.45) is 0.162. The van der Waals surface area contributed by atoms with Crippen LogP contribution in [0.4, 0.5) is 0 Å². The van der Waals surface area contributed by atoms with E-state index < -0.39 is 18.0 Å². The maximum atomic E-state index is 9.60. The lowest BCUT2D eigenvalue weighted by molar-refractivity contribution is -0.133. The highest BCUT2D eigenvalue weighted by Crippen LogP contribution is 1.81. The second-order valence-electron chi connectivity index (χ2n) is 3.24. The van der Waals surface area contributed by atoms with Crippen molar-refractivity contribution in [1.29, 1.82) is 0 Å². The predicted molar refractivity (Wildman–Crippen MR) is 65.2 cm³/mol. The molecule has 0 aromatic heterocycles. The molecule has 18 heavy (non-hydrogen) atoms. The number of aliphatic carboxylic acids is 2. The number of aliphatic hydroxyl groups is 3. The minimum Gasteiger partial charge on any atom is -0.512 e. The van der Waals surface area contributed by atoms with Gasteiger partial charge in [-0.25, -0.2) is 9.59 Å². The molecule has 0 aromatic rings. The molecule has 0 aromatic carbocycles. The van der Waals surface area contributed by atoms with Crippen molar-refractivity contribution in [3.05, 3.63) is 24.0 Å². The topological polar surface area (TPSA) is 135 Å². The first kappa shape index (κ1) is 21.4. The van der Waals surface area contributed by atoms with Gasteiger partial charge < -0.3 is 25.5 Å². The van der Waals surface area contributed by atoms with Gasteiger partial charge in [-0.15, -0.1) is 0 Å². The Balaban J connectivity index is -0.000000190. The Kier molecular flexibility index (Phi) is 15.7. The highest BCUT2D eigenvalue weighted by atomic mass is 16.4. The van der Waals surface area contributed by atoms with Gasteiger partial charge in [0.05, 0.1) is 24.5 Å². The summed E-state index contributed by atoms with van der Waals surface area (Å²) < 4.78 is 0. The van der Waals surface area contributed by atoms with E-state index in [1.807, 2.05) is 0 Å². The van der Waals surface area contributed by atoms with Crippen LogP contribution in [-0.2, 0) is 9.59 Å². The van der Waals surface area contributed by atoms with Gasteiger partial charge in [0.25, 0.3) is 0 Å². The normalized spacial score (nSPS) is 11.1. The Hall–Kier alpha value is -1.86. The number of carbonyl (C=O) groups is 2. The molecule has 0 heterocycles. The highest BCUT2D eigenvalue weighted by Gasteiger charge is 1.90. The molecular formula is C11H20O7. The lowest BCUT2D eigenvalue weighted by atomic mass is 10.4. The fourth-order valence-corrected chi connectivity index (χ4v) is 0.179. The fraction of sp³-hybridized carbons (Fsp3) is 0.455. The van der Waals surface area contributed by atoms with E-state index in [0.29, 0.717) is 0 Å². The van der Waals surface area contributed by atoms with Crippen LogP contribution in [0.3, 0.4) is 0 Å². The average Bonchev–Trinajstić information content (AvgIpc) is 2.17. The average molecular weight is 264 g/mol. The van der Waals surface area contributed by atoms with Crippen LogP contribution in [0.5, 0.6) is 0 Å². The van der Waals surface area contributed by atoms with Crippen LogP contribution in [0.1, 0.15) is 20.8 Å². The van der Waals surface area contributed by atoms with E-state index in [-0.39, 0.29) is 17.9 Å². The number of hydrogen-bond acceptors (Lipinski definition) is 5. The Morgan fingerprint density at radius 1 is 1.22 bits per heavy atom. The van der Waals surface area contributed by atoms with Crippen molar-refractivity contribution < 1.29 is 35.1 Å². The molecule has 106 valence electrons. The first-order valence-electron chi connectivity index (χ1n) is 4.82. The quantitative estimate of drug-likeness (QED) is 0.370. The lowest BCUT2D eigenvalue weighted by Crippen LogP contribution is -2.03. The molecule has 0 aliphatic heterocycles. The van der Waals surface area contributed by atoms with Crippen LogP contribution in [0, 0.1) is 0 Å². The fourth-order valence-electron chi connectivity index (χ4n) is 0.179. The first-order chi connectivity index (χ1) is 8.04. The highest BCUT2D eigenvalue weighted by molar-refractivity contribution is 5.84. The molecule has 1 unspecified atom stereocenters. The maximum absolute atomic E-state index is 9.60. The van der Waals surface area contributed by atoms with Crippen LogP contribution < -0.4 is 0 Å². The molecule has 0 saturated heterocycles. The summed E-state index contributed by atoms with van der Waals surface area (Å²) in [5.41, 5.74) is 0.176. The van der Waals surface area contributed by atoms with E-state index in [1.54, 1.807) is 0 Å². The monoisotopic (exact) mass is 264 g/mol. The summed E-state index contributed by atoms with van der Waals surface area (Å²) >= 11 is 0. The number of rotatable bonds is 3. The van der Waals surface area contributed by atoms with Gasteiger partial charge in [0, 0.05) is 5.57 Å². The third-order valence-electron chi connectivity index (χ3n) is 0.962. The van der Waals surface area contributed by atoms with Gasteiger partial charge in [0.2, 0.25) is 0 Å². The van der Waals surface area contributed by atoms with E-state index >= 15 is 0 Å². The Labute approximate surface area is 105 Å². The van der Waals surface area contributed by atoms with Crippen molar-refractivity contribution in [1.82, 2.24) is 0 Å². The SMILES string of the molecule is C=C(C)C(=O)O.CC(O)=CC(=O)O.CC(O)CO. The molecule has 0 aliphatic carbocycles. The van der Waals surface area contributed by atoms with Crippen molar-refractivity contribution in [3.8, 4) is 0 Å². The van der Waals surface area contributed by atoms with Gasteiger partial charge in [-0.3, -0.25) is 0 Å². The summed E-state index contributed by atoms with van der Waals surface area (Å²) in [7, 11) is 0. The van der Waals surface area contributed by atoms with Gasteiger partial charge in [0.15, 0.2) is 0 Å². The van der Waals surface area contributed by atoms with Crippen LogP contribution >= 0.6 is 0 Å². The summed E-state index contributed by atoms with van der Waals surface area (Å²) in [5.74, 6) is -2.25. The van der Waals surface area contributed by atoms with Crippen molar-refractivity contribution in [3.63, 3.8) is 0 Å². The molecule has 7 heteroatoms. The molecule has 0 saturated carbocycles. The minimum absolute atomic E-state index is 0.139. The van der Waals surface area contributed by atoms with Gasteiger partial charge in [-0.1, -0.05) is 6.58 Å². The standard InChI is InChI=1S/C4H6O3.C4H6O2.C3H8O2/c1-3(5)2-4(6)7;1-3(2)4(5)6;1-3(5)2-4/h2,5H,1H3,(H,6,7);1H2,2H3,(H,5,6);3-5H,2H2,1H3. The summed E-state index contributed by atoms with van der Waals surface area (Å²) in [5, 5.41) is 39.9. The van der Waals surface area contributed by atoms with Crippen LogP contribution in [-0.4, -0.2) is 50.2 Å². The molecule has 0 spiro atoms. The molecule has 0 amide bonds. The van der Waals surface area contributed by atoms with Crippen molar-refractivity contribution >= 4 is 11.9 Å². The van der Waals surface area contributed by atoms with Gasteiger partial charge in [0.1, 0.15) is 0 Å². The zero-order valence-electron chi connectivity index (χ0n) is 10.6. The van der Waals surface area contributed by atoms with Crippen LogP contribution in [0.25, 0.3) is 0 Å². The lowest BCUT2D eigenvalue weighted by Gasteiger charge is -1.90. The number of hydrogen-bond donors (Lipinski definition) is 5. The number of carboxylic acids is 2. The molecule has 1 atom stereocenters.